The van der Waals surface area contributed by atoms with Crippen LogP contribution in [0.25, 0.3) is 0 Å². The summed E-state index contributed by atoms with van der Waals surface area (Å²) in [5.41, 5.74) is 1.05. The largest absolute Gasteiger partial charge is 0.493 e. The second-order valence-electron chi connectivity index (χ2n) is 3.23. The Morgan fingerprint density at radius 2 is 2.06 bits per heavy atom. The predicted octanol–water partition coefficient (Wildman–Crippen LogP) is 3.05. The topological polar surface area (TPSA) is 30.5 Å². The molecule has 0 amide bonds. The van der Waals surface area contributed by atoms with E-state index in [1.54, 1.807) is 14.2 Å². The van der Waals surface area contributed by atoms with Gasteiger partial charge in [0.1, 0.15) is 0 Å². The van der Waals surface area contributed by atoms with E-state index >= 15 is 0 Å². The summed E-state index contributed by atoms with van der Waals surface area (Å²) in [6.07, 6.45) is 1.81. The molecule has 1 rings (SSSR count). The zero-order valence-electron chi connectivity index (χ0n) is 9.96. The van der Waals surface area contributed by atoms with Crippen LogP contribution in [0.15, 0.2) is 24.8 Å². The first-order valence-electron chi connectivity index (χ1n) is 4.95. The van der Waals surface area contributed by atoms with Gasteiger partial charge < -0.3 is 14.8 Å². The monoisotopic (exact) mass is 277 g/mol. The Hall–Kier alpha value is -0.900. The molecule has 0 spiro atoms. The lowest BCUT2D eigenvalue weighted by Crippen LogP contribution is -2.12. The van der Waals surface area contributed by atoms with Crippen molar-refractivity contribution in [1.29, 1.82) is 0 Å². The number of benzene rings is 1. The molecule has 0 aliphatic carbocycles. The van der Waals surface area contributed by atoms with E-state index in [0.29, 0.717) is 23.1 Å². The van der Waals surface area contributed by atoms with Crippen molar-refractivity contribution >= 4 is 24.0 Å². The summed E-state index contributed by atoms with van der Waals surface area (Å²) in [6, 6.07) is 3.76. The number of hydrogen-bond acceptors (Lipinski definition) is 3. The molecule has 0 aliphatic rings. The lowest BCUT2D eigenvalue weighted by atomic mass is 10.2. The molecule has 0 atom stereocenters. The highest BCUT2D eigenvalue weighted by Crippen LogP contribution is 2.35. The van der Waals surface area contributed by atoms with Gasteiger partial charge in [-0.1, -0.05) is 17.7 Å². The SMILES string of the molecule is C=CCNCc1cc(Cl)c(OC)c(OC)c1.Cl. The van der Waals surface area contributed by atoms with Crippen molar-refractivity contribution in [3.05, 3.63) is 35.4 Å². The summed E-state index contributed by atoms with van der Waals surface area (Å²) in [6.45, 7) is 5.11. The Kier molecular flexibility index (Phi) is 7.79. The van der Waals surface area contributed by atoms with E-state index in [1.165, 1.54) is 0 Å². The van der Waals surface area contributed by atoms with Gasteiger partial charge in [-0.3, -0.25) is 0 Å². The second kappa shape index (κ2) is 8.23. The third-order valence-corrected chi connectivity index (χ3v) is 2.39. The Morgan fingerprint density at radius 3 is 2.59 bits per heavy atom. The van der Waals surface area contributed by atoms with Crippen LogP contribution in [0.1, 0.15) is 5.56 Å². The van der Waals surface area contributed by atoms with Crippen molar-refractivity contribution < 1.29 is 9.47 Å². The van der Waals surface area contributed by atoms with Crippen molar-refractivity contribution in [2.75, 3.05) is 20.8 Å². The summed E-state index contributed by atoms with van der Waals surface area (Å²) in [5, 5.41) is 3.75. The predicted molar refractivity (Wildman–Crippen MR) is 73.7 cm³/mol. The quantitative estimate of drug-likeness (QED) is 0.641. The first-order chi connectivity index (χ1) is 7.72. The van der Waals surface area contributed by atoms with Crippen LogP contribution < -0.4 is 14.8 Å². The van der Waals surface area contributed by atoms with Crippen LogP contribution >= 0.6 is 24.0 Å². The van der Waals surface area contributed by atoms with Gasteiger partial charge in [0.05, 0.1) is 19.2 Å². The molecule has 1 N–H and O–H groups in total. The molecule has 0 aliphatic heterocycles. The number of hydrogen-bond donors (Lipinski definition) is 1. The van der Waals surface area contributed by atoms with Gasteiger partial charge in [-0.15, -0.1) is 19.0 Å². The molecule has 5 heteroatoms. The molecule has 0 heterocycles. The zero-order valence-corrected chi connectivity index (χ0v) is 11.5. The normalized spacial score (nSPS) is 9.35. The summed E-state index contributed by atoms with van der Waals surface area (Å²) in [7, 11) is 3.16. The molecule has 0 saturated carbocycles. The summed E-state index contributed by atoms with van der Waals surface area (Å²) in [5.74, 6) is 1.21. The fourth-order valence-electron chi connectivity index (χ4n) is 1.39. The zero-order chi connectivity index (χ0) is 12.0. The number of ether oxygens (including phenoxy) is 2. The van der Waals surface area contributed by atoms with Crippen molar-refractivity contribution in [2.45, 2.75) is 6.54 Å². The smallest absolute Gasteiger partial charge is 0.179 e. The van der Waals surface area contributed by atoms with E-state index in [1.807, 2.05) is 18.2 Å². The van der Waals surface area contributed by atoms with E-state index in [-0.39, 0.29) is 12.4 Å². The van der Waals surface area contributed by atoms with Crippen LogP contribution in [0.2, 0.25) is 5.02 Å². The van der Waals surface area contributed by atoms with Crippen molar-refractivity contribution in [2.24, 2.45) is 0 Å². The summed E-state index contributed by atoms with van der Waals surface area (Å²) >= 11 is 6.07. The molecule has 0 bridgehead atoms. The minimum atomic E-state index is 0. The molecule has 96 valence electrons. The fourth-order valence-corrected chi connectivity index (χ4v) is 1.70. The number of methoxy groups -OCH3 is 2. The molecule has 17 heavy (non-hydrogen) atoms. The van der Waals surface area contributed by atoms with Crippen LogP contribution in [-0.2, 0) is 6.54 Å². The maximum Gasteiger partial charge on any atom is 0.179 e. The van der Waals surface area contributed by atoms with Gasteiger partial charge in [0.15, 0.2) is 11.5 Å². The highest BCUT2D eigenvalue weighted by molar-refractivity contribution is 6.32. The van der Waals surface area contributed by atoms with Crippen LogP contribution in [-0.4, -0.2) is 20.8 Å². The number of nitrogens with one attached hydrogen (secondary N) is 1. The Morgan fingerprint density at radius 1 is 1.35 bits per heavy atom. The van der Waals surface area contributed by atoms with Crippen LogP contribution in [0.4, 0.5) is 0 Å². The molecule has 0 saturated heterocycles. The highest BCUT2D eigenvalue weighted by atomic mass is 35.5. The maximum absolute atomic E-state index is 6.07. The van der Waals surface area contributed by atoms with Gasteiger partial charge in [-0.2, -0.15) is 0 Å². The van der Waals surface area contributed by atoms with Gasteiger partial charge in [-0.05, 0) is 17.7 Å². The Labute approximate surface area is 113 Å². The second-order valence-corrected chi connectivity index (χ2v) is 3.64. The maximum atomic E-state index is 6.07. The molecule has 0 aromatic heterocycles. The van der Waals surface area contributed by atoms with Gasteiger partial charge in [0.2, 0.25) is 0 Å². The Balaban J connectivity index is 0.00000256. The molecule has 0 radical (unpaired) electrons. The molecular weight excluding hydrogens is 261 g/mol. The third-order valence-electron chi connectivity index (χ3n) is 2.11. The van der Waals surface area contributed by atoms with Crippen molar-refractivity contribution in [3.8, 4) is 11.5 Å². The average Bonchev–Trinajstić information content (AvgIpc) is 2.28. The van der Waals surface area contributed by atoms with Gasteiger partial charge in [0.25, 0.3) is 0 Å². The van der Waals surface area contributed by atoms with Crippen LogP contribution in [0, 0.1) is 0 Å². The Bertz CT molecular complexity index is 370. The van der Waals surface area contributed by atoms with E-state index in [4.69, 9.17) is 21.1 Å². The number of rotatable bonds is 6. The molecule has 0 fully saturated rings. The van der Waals surface area contributed by atoms with E-state index in [0.717, 1.165) is 12.1 Å². The molecular formula is C12H17Cl2NO2. The lowest BCUT2D eigenvalue weighted by Gasteiger charge is -2.11. The molecule has 3 nitrogen and oxygen atoms in total. The van der Waals surface area contributed by atoms with Crippen LogP contribution in [0.3, 0.4) is 0 Å². The third kappa shape index (κ3) is 4.46. The highest BCUT2D eigenvalue weighted by Gasteiger charge is 2.10. The summed E-state index contributed by atoms with van der Waals surface area (Å²) in [4.78, 5) is 0. The minimum absolute atomic E-state index is 0. The minimum Gasteiger partial charge on any atom is -0.493 e. The average molecular weight is 278 g/mol. The van der Waals surface area contributed by atoms with Gasteiger partial charge in [0, 0.05) is 13.1 Å². The molecule has 0 unspecified atom stereocenters. The lowest BCUT2D eigenvalue weighted by molar-refractivity contribution is 0.354. The van der Waals surface area contributed by atoms with Crippen molar-refractivity contribution in [1.82, 2.24) is 5.32 Å². The van der Waals surface area contributed by atoms with Gasteiger partial charge >= 0.3 is 0 Å². The number of halogens is 2. The van der Waals surface area contributed by atoms with E-state index in [2.05, 4.69) is 11.9 Å². The molecule has 1 aromatic rings. The fraction of sp³-hybridized carbons (Fsp3) is 0.333. The van der Waals surface area contributed by atoms with E-state index in [9.17, 15) is 0 Å². The van der Waals surface area contributed by atoms with Gasteiger partial charge in [-0.25, -0.2) is 0 Å². The summed E-state index contributed by atoms with van der Waals surface area (Å²) < 4.78 is 10.4. The first kappa shape index (κ1) is 16.1. The van der Waals surface area contributed by atoms with Crippen molar-refractivity contribution in [3.63, 3.8) is 0 Å². The van der Waals surface area contributed by atoms with Crippen LogP contribution in [0.5, 0.6) is 11.5 Å². The first-order valence-corrected chi connectivity index (χ1v) is 5.32. The van der Waals surface area contributed by atoms with E-state index < -0.39 is 0 Å². The standard InChI is InChI=1S/C12H16ClNO2.ClH/c1-4-5-14-8-9-6-10(13)12(16-3)11(7-9)15-2;/h4,6-7,14H,1,5,8H2,2-3H3;1H. The molecule has 1 aromatic carbocycles.